The Kier molecular flexibility index (Phi) is 8.00. The molecule has 7 heteroatoms. The Labute approximate surface area is 158 Å². The number of imide groups is 1. The summed E-state index contributed by atoms with van der Waals surface area (Å²) in [6.07, 6.45) is 3.74. The third kappa shape index (κ3) is 5.25. The van der Waals surface area contributed by atoms with Gasteiger partial charge in [0.15, 0.2) is 11.5 Å². The first-order chi connectivity index (χ1) is 12.6. The molecule has 0 unspecified atom stereocenters. The van der Waals surface area contributed by atoms with Crippen molar-refractivity contribution in [3.05, 3.63) is 28.7 Å². The molecule has 2 rings (SSSR count). The van der Waals surface area contributed by atoms with Crippen LogP contribution in [0.3, 0.4) is 0 Å². The van der Waals surface area contributed by atoms with Gasteiger partial charge in [0.25, 0.3) is 11.1 Å². The Balaban J connectivity index is 2.17. The number of methoxy groups -OCH3 is 1. The van der Waals surface area contributed by atoms with Crippen molar-refractivity contribution in [1.82, 2.24) is 4.90 Å². The molecule has 0 saturated carbocycles. The van der Waals surface area contributed by atoms with Gasteiger partial charge in [-0.15, -0.1) is 0 Å². The highest BCUT2D eigenvalue weighted by atomic mass is 32.2. The number of nitrogens with zero attached hydrogens (tertiary/aromatic N) is 1. The lowest BCUT2D eigenvalue weighted by Crippen LogP contribution is -2.31. The number of carbonyl (C=O) groups is 2. The van der Waals surface area contributed by atoms with E-state index in [9.17, 15) is 9.59 Å². The molecule has 0 radical (unpaired) electrons. The minimum atomic E-state index is -0.293. The highest BCUT2D eigenvalue weighted by molar-refractivity contribution is 8.18. The molecule has 1 fully saturated rings. The fourth-order valence-electron chi connectivity index (χ4n) is 2.36. The van der Waals surface area contributed by atoms with Crippen LogP contribution in [0.25, 0.3) is 6.08 Å². The molecule has 1 aromatic carbocycles. The number of ether oxygens (including phenoxy) is 3. The summed E-state index contributed by atoms with van der Waals surface area (Å²) in [4.78, 5) is 26.0. The predicted octanol–water partition coefficient (Wildman–Crippen LogP) is 3.95. The molecule has 1 aliphatic rings. The lowest BCUT2D eigenvalue weighted by atomic mass is 10.2. The van der Waals surface area contributed by atoms with E-state index in [1.807, 2.05) is 25.1 Å². The molecule has 1 saturated heterocycles. The Hall–Kier alpha value is -1.99. The molecule has 0 N–H and O–H groups in total. The van der Waals surface area contributed by atoms with Gasteiger partial charge in [-0.1, -0.05) is 19.4 Å². The molecular formula is C19H25NO5S. The minimum absolute atomic E-state index is 0.257. The van der Waals surface area contributed by atoms with Crippen LogP contribution in [0.4, 0.5) is 4.79 Å². The third-order valence-electron chi connectivity index (χ3n) is 3.71. The summed E-state index contributed by atoms with van der Waals surface area (Å²) in [6, 6.07) is 5.52. The fourth-order valence-corrected chi connectivity index (χ4v) is 3.22. The first kappa shape index (κ1) is 20.3. The zero-order valence-corrected chi connectivity index (χ0v) is 16.3. The molecular weight excluding hydrogens is 354 g/mol. The van der Waals surface area contributed by atoms with Gasteiger partial charge >= 0.3 is 0 Å². The Bertz CT molecular complexity index is 674. The number of rotatable bonds is 10. The molecule has 2 amide bonds. The lowest BCUT2D eigenvalue weighted by Gasteiger charge is -2.12. The van der Waals surface area contributed by atoms with Crippen LogP contribution < -0.4 is 9.47 Å². The van der Waals surface area contributed by atoms with Crippen LogP contribution in [0.5, 0.6) is 11.5 Å². The van der Waals surface area contributed by atoms with Crippen LogP contribution >= 0.6 is 11.8 Å². The topological polar surface area (TPSA) is 65.1 Å². The molecule has 142 valence electrons. The molecule has 0 bridgehead atoms. The number of thioether (sulfide) groups is 1. The van der Waals surface area contributed by atoms with Crippen LogP contribution in [0.2, 0.25) is 0 Å². The van der Waals surface area contributed by atoms with E-state index in [0.29, 0.717) is 36.2 Å². The SMILES string of the molecule is CCCCOc1ccc(/C=C2\SC(=O)N(CCOC)C2=O)cc1OCC. The van der Waals surface area contributed by atoms with Crippen molar-refractivity contribution < 1.29 is 23.8 Å². The molecule has 1 aliphatic heterocycles. The molecule has 0 atom stereocenters. The number of unbranched alkanes of at least 4 members (excludes halogenated alkanes) is 1. The van der Waals surface area contributed by atoms with E-state index in [0.717, 1.165) is 30.2 Å². The zero-order chi connectivity index (χ0) is 18.9. The standard InChI is InChI=1S/C19H25NO5S/c1-4-6-10-25-15-8-7-14(12-16(15)24-5-2)13-17-18(21)20(9-11-23-3)19(22)26-17/h7-8,12-13H,4-6,9-11H2,1-3H3/b17-13-. The minimum Gasteiger partial charge on any atom is -0.490 e. The number of hydrogen-bond acceptors (Lipinski definition) is 6. The van der Waals surface area contributed by atoms with E-state index in [4.69, 9.17) is 14.2 Å². The third-order valence-corrected chi connectivity index (χ3v) is 4.62. The van der Waals surface area contributed by atoms with Crippen molar-refractivity contribution in [3.8, 4) is 11.5 Å². The molecule has 0 aromatic heterocycles. The van der Waals surface area contributed by atoms with Crippen molar-refractivity contribution in [3.63, 3.8) is 0 Å². The first-order valence-corrected chi connectivity index (χ1v) is 9.56. The maximum absolute atomic E-state index is 12.4. The molecule has 1 heterocycles. The van der Waals surface area contributed by atoms with Crippen LogP contribution in [-0.2, 0) is 9.53 Å². The normalized spacial score (nSPS) is 15.8. The second-order valence-corrected chi connectivity index (χ2v) is 6.66. The summed E-state index contributed by atoms with van der Waals surface area (Å²) in [5, 5.41) is -0.275. The average Bonchev–Trinajstić information content (AvgIpc) is 2.89. The maximum Gasteiger partial charge on any atom is 0.293 e. The molecule has 6 nitrogen and oxygen atoms in total. The smallest absolute Gasteiger partial charge is 0.293 e. The average molecular weight is 379 g/mol. The molecule has 26 heavy (non-hydrogen) atoms. The van der Waals surface area contributed by atoms with E-state index in [-0.39, 0.29) is 17.7 Å². The molecule has 1 aromatic rings. The van der Waals surface area contributed by atoms with Crippen LogP contribution in [0.1, 0.15) is 32.3 Å². The molecule has 0 spiro atoms. The van der Waals surface area contributed by atoms with E-state index < -0.39 is 0 Å². The fraction of sp³-hybridized carbons (Fsp3) is 0.474. The summed E-state index contributed by atoms with van der Waals surface area (Å²) in [7, 11) is 1.54. The van der Waals surface area contributed by atoms with Crippen LogP contribution in [-0.4, -0.2) is 49.5 Å². The largest absolute Gasteiger partial charge is 0.490 e. The quantitative estimate of drug-likeness (QED) is 0.453. The van der Waals surface area contributed by atoms with Gasteiger partial charge in [-0.3, -0.25) is 14.5 Å². The summed E-state index contributed by atoms with van der Waals surface area (Å²) in [5.41, 5.74) is 0.786. The Morgan fingerprint density at radius 2 is 1.92 bits per heavy atom. The van der Waals surface area contributed by atoms with Gasteiger partial charge in [-0.05, 0) is 48.9 Å². The summed E-state index contributed by atoms with van der Waals surface area (Å²) >= 11 is 0.938. The Morgan fingerprint density at radius 3 is 2.62 bits per heavy atom. The monoisotopic (exact) mass is 379 g/mol. The van der Waals surface area contributed by atoms with Gasteiger partial charge in [-0.25, -0.2) is 0 Å². The van der Waals surface area contributed by atoms with Gasteiger partial charge in [0, 0.05) is 7.11 Å². The number of carbonyl (C=O) groups excluding carboxylic acids is 2. The second kappa shape index (κ2) is 10.2. The number of benzene rings is 1. The Morgan fingerprint density at radius 1 is 1.12 bits per heavy atom. The first-order valence-electron chi connectivity index (χ1n) is 8.74. The van der Waals surface area contributed by atoms with Crippen molar-refractivity contribution in [1.29, 1.82) is 0 Å². The predicted molar refractivity (Wildman–Crippen MR) is 103 cm³/mol. The highest BCUT2D eigenvalue weighted by Gasteiger charge is 2.34. The summed E-state index contributed by atoms with van der Waals surface area (Å²) in [6.45, 7) is 5.74. The number of amides is 2. The summed E-state index contributed by atoms with van der Waals surface area (Å²) < 4.78 is 16.4. The van der Waals surface area contributed by atoms with Gasteiger partial charge < -0.3 is 14.2 Å². The van der Waals surface area contributed by atoms with Crippen LogP contribution in [0.15, 0.2) is 23.1 Å². The van der Waals surface area contributed by atoms with Crippen molar-refractivity contribution >= 4 is 29.0 Å². The van der Waals surface area contributed by atoms with Crippen molar-refractivity contribution in [2.24, 2.45) is 0 Å². The summed E-state index contributed by atoms with van der Waals surface area (Å²) in [5.74, 6) is 1.03. The van der Waals surface area contributed by atoms with Crippen molar-refractivity contribution in [2.75, 3.05) is 33.5 Å². The van der Waals surface area contributed by atoms with Gasteiger partial charge in [0.2, 0.25) is 0 Å². The zero-order valence-electron chi connectivity index (χ0n) is 15.4. The van der Waals surface area contributed by atoms with Crippen molar-refractivity contribution in [2.45, 2.75) is 26.7 Å². The number of hydrogen-bond donors (Lipinski definition) is 0. The van der Waals surface area contributed by atoms with Gasteiger partial charge in [0.05, 0.1) is 31.3 Å². The maximum atomic E-state index is 12.4. The van der Waals surface area contributed by atoms with Gasteiger partial charge in [-0.2, -0.15) is 0 Å². The lowest BCUT2D eigenvalue weighted by molar-refractivity contribution is -0.123. The molecule has 0 aliphatic carbocycles. The van der Waals surface area contributed by atoms with E-state index in [1.165, 1.54) is 12.0 Å². The van der Waals surface area contributed by atoms with E-state index in [1.54, 1.807) is 6.08 Å². The van der Waals surface area contributed by atoms with Gasteiger partial charge in [0.1, 0.15) is 0 Å². The highest BCUT2D eigenvalue weighted by Crippen LogP contribution is 2.34. The van der Waals surface area contributed by atoms with E-state index in [2.05, 4.69) is 6.92 Å². The van der Waals surface area contributed by atoms with Crippen LogP contribution in [0, 0.1) is 0 Å². The second-order valence-electron chi connectivity index (χ2n) is 5.67. The van der Waals surface area contributed by atoms with E-state index >= 15 is 0 Å².